The largest absolute Gasteiger partial charge is 0.496 e. The predicted molar refractivity (Wildman–Crippen MR) is 123 cm³/mol. The van der Waals surface area contributed by atoms with E-state index in [1.165, 1.54) is 12.0 Å². The van der Waals surface area contributed by atoms with Gasteiger partial charge in [0.2, 0.25) is 0 Å². The standard InChI is InChI=1S/C25H27N3O4/c1-17(29)32-28-22-14-19(18-8-5-4-6-9-18)12-13-20(22)15-27(25(28)26)16-21-23(30-2)10-7-11-24(21)31-3/h4-14,25H,15-16,26H2,1-3H3. The topological polar surface area (TPSA) is 77.3 Å². The monoisotopic (exact) mass is 433 g/mol. The van der Waals surface area contributed by atoms with E-state index in [-0.39, 0.29) is 0 Å². The van der Waals surface area contributed by atoms with Crippen molar-refractivity contribution in [1.29, 1.82) is 0 Å². The molecule has 32 heavy (non-hydrogen) atoms. The molecule has 0 aromatic heterocycles. The molecule has 166 valence electrons. The van der Waals surface area contributed by atoms with E-state index in [9.17, 15) is 4.79 Å². The Hall–Kier alpha value is -3.55. The summed E-state index contributed by atoms with van der Waals surface area (Å²) < 4.78 is 11.1. The van der Waals surface area contributed by atoms with Gasteiger partial charge >= 0.3 is 5.97 Å². The first-order valence-electron chi connectivity index (χ1n) is 10.4. The third kappa shape index (κ3) is 4.26. The highest BCUT2D eigenvalue weighted by Gasteiger charge is 2.33. The van der Waals surface area contributed by atoms with E-state index in [1.807, 2.05) is 65.6 Å². The first kappa shape index (κ1) is 21.7. The zero-order chi connectivity index (χ0) is 22.7. The van der Waals surface area contributed by atoms with Gasteiger partial charge in [-0.15, -0.1) is 0 Å². The number of benzene rings is 3. The van der Waals surface area contributed by atoms with Crippen LogP contribution in [0.15, 0.2) is 66.7 Å². The lowest BCUT2D eigenvalue weighted by molar-refractivity contribution is -0.145. The second kappa shape index (κ2) is 9.30. The lowest BCUT2D eigenvalue weighted by Gasteiger charge is -2.42. The van der Waals surface area contributed by atoms with E-state index < -0.39 is 12.3 Å². The molecule has 1 aliphatic rings. The fraction of sp³-hybridized carbons (Fsp3) is 0.240. The van der Waals surface area contributed by atoms with Gasteiger partial charge in [-0.1, -0.05) is 48.5 Å². The second-order valence-corrected chi connectivity index (χ2v) is 7.58. The molecule has 7 nitrogen and oxygen atoms in total. The summed E-state index contributed by atoms with van der Waals surface area (Å²) >= 11 is 0. The number of ether oxygens (including phenoxy) is 2. The van der Waals surface area contributed by atoms with E-state index in [0.29, 0.717) is 24.6 Å². The van der Waals surface area contributed by atoms with Crippen LogP contribution >= 0.6 is 0 Å². The van der Waals surface area contributed by atoms with Crippen LogP contribution in [0.1, 0.15) is 18.1 Å². The van der Waals surface area contributed by atoms with Crippen molar-refractivity contribution in [3.8, 4) is 22.6 Å². The number of nitrogens with two attached hydrogens (primary N) is 1. The van der Waals surface area contributed by atoms with Gasteiger partial charge in [0, 0.05) is 20.0 Å². The Morgan fingerprint density at radius 2 is 1.66 bits per heavy atom. The molecule has 0 amide bonds. The minimum atomic E-state index is -0.688. The van der Waals surface area contributed by atoms with Gasteiger partial charge in [-0.3, -0.25) is 15.4 Å². The third-order valence-corrected chi connectivity index (χ3v) is 5.54. The molecule has 1 unspecified atom stereocenters. The fourth-order valence-electron chi connectivity index (χ4n) is 3.99. The molecule has 3 aromatic rings. The first-order chi connectivity index (χ1) is 15.5. The smallest absolute Gasteiger partial charge is 0.329 e. The van der Waals surface area contributed by atoms with E-state index in [4.69, 9.17) is 20.0 Å². The van der Waals surface area contributed by atoms with Crippen LogP contribution in [0.5, 0.6) is 11.5 Å². The Kier molecular flexibility index (Phi) is 6.30. The number of anilines is 1. The number of methoxy groups -OCH3 is 2. The van der Waals surface area contributed by atoms with Crippen molar-refractivity contribution < 1.29 is 19.1 Å². The lowest BCUT2D eigenvalue weighted by atomic mass is 10.0. The van der Waals surface area contributed by atoms with Crippen LogP contribution < -0.4 is 20.3 Å². The van der Waals surface area contributed by atoms with Crippen LogP contribution in [-0.4, -0.2) is 31.4 Å². The van der Waals surface area contributed by atoms with Crippen LogP contribution in [0.3, 0.4) is 0 Å². The SMILES string of the molecule is COc1cccc(OC)c1CN1Cc2ccc(-c3ccccc3)cc2N(OC(C)=O)C1N. The maximum absolute atomic E-state index is 11.9. The molecule has 1 aliphatic heterocycles. The number of rotatable bonds is 6. The van der Waals surface area contributed by atoms with Gasteiger partial charge in [0.05, 0.1) is 25.5 Å². The van der Waals surface area contributed by atoms with Gasteiger partial charge in [-0.25, -0.2) is 0 Å². The average molecular weight is 434 g/mol. The number of fused-ring (bicyclic) bond motifs is 1. The van der Waals surface area contributed by atoms with Crippen LogP contribution in [-0.2, 0) is 22.7 Å². The number of hydrogen-bond donors (Lipinski definition) is 1. The summed E-state index contributed by atoms with van der Waals surface area (Å²) in [5.41, 5.74) is 11.3. The Morgan fingerprint density at radius 1 is 0.969 bits per heavy atom. The molecule has 0 bridgehead atoms. The summed E-state index contributed by atoms with van der Waals surface area (Å²) in [5, 5.41) is 1.48. The summed E-state index contributed by atoms with van der Waals surface area (Å²) in [4.78, 5) is 19.5. The summed E-state index contributed by atoms with van der Waals surface area (Å²) in [5.74, 6) is 0.981. The van der Waals surface area contributed by atoms with Crippen molar-refractivity contribution in [2.45, 2.75) is 26.3 Å². The third-order valence-electron chi connectivity index (χ3n) is 5.54. The summed E-state index contributed by atoms with van der Waals surface area (Å²) in [6.45, 7) is 2.40. The molecule has 0 radical (unpaired) electrons. The van der Waals surface area contributed by atoms with Gasteiger partial charge in [0.15, 0.2) is 6.29 Å². The predicted octanol–water partition coefficient (Wildman–Crippen LogP) is 3.91. The highest BCUT2D eigenvalue weighted by atomic mass is 16.7. The van der Waals surface area contributed by atoms with E-state index in [1.54, 1.807) is 14.2 Å². The molecule has 3 aromatic carbocycles. The molecule has 2 N–H and O–H groups in total. The van der Waals surface area contributed by atoms with Crippen LogP contribution in [0.4, 0.5) is 5.69 Å². The number of hydroxylamine groups is 1. The minimum absolute atomic E-state index is 0.437. The van der Waals surface area contributed by atoms with Gasteiger partial charge < -0.3 is 14.3 Å². The maximum atomic E-state index is 11.9. The van der Waals surface area contributed by atoms with Crippen molar-refractivity contribution in [1.82, 2.24) is 4.90 Å². The number of carbonyl (C=O) groups is 1. The minimum Gasteiger partial charge on any atom is -0.496 e. The molecule has 7 heteroatoms. The van der Waals surface area contributed by atoms with Crippen LogP contribution in [0.25, 0.3) is 11.1 Å². The van der Waals surface area contributed by atoms with E-state index in [0.717, 1.165) is 27.9 Å². The van der Waals surface area contributed by atoms with Gasteiger partial charge in [-0.05, 0) is 34.9 Å². The molecule has 1 atom stereocenters. The Morgan fingerprint density at radius 3 is 2.28 bits per heavy atom. The Labute approximate surface area is 187 Å². The lowest BCUT2D eigenvalue weighted by Crippen LogP contribution is -2.57. The highest BCUT2D eigenvalue weighted by Crippen LogP contribution is 2.37. The zero-order valence-electron chi connectivity index (χ0n) is 18.4. The van der Waals surface area contributed by atoms with Crippen molar-refractivity contribution in [2.75, 3.05) is 19.3 Å². The molecule has 1 heterocycles. The molecule has 0 aliphatic carbocycles. The number of nitrogens with zero attached hydrogens (tertiary/aromatic N) is 2. The van der Waals surface area contributed by atoms with Gasteiger partial charge in [0.1, 0.15) is 11.5 Å². The average Bonchev–Trinajstić information content (AvgIpc) is 2.82. The highest BCUT2D eigenvalue weighted by molar-refractivity contribution is 5.73. The number of carbonyl (C=O) groups excluding carboxylic acids is 1. The molecule has 0 spiro atoms. The molecule has 0 saturated heterocycles. The summed E-state index contributed by atoms with van der Waals surface area (Å²) in [7, 11) is 3.25. The summed E-state index contributed by atoms with van der Waals surface area (Å²) in [6, 6.07) is 21.8. The molecular formula is C25H27N3O4. The molecular weight excluding hydrogens is 406 g/mol. The molecule has 0 fully saturated rings. The van der Waals surface area contributed by atoms with E-state index in [2.05, 4.69) is 6.07 Å². The second-order valence-electron chi connectivity index (χ2n) is 7.58. The van der Waals surface area contributed by atoms with Gasteiger partial charge in [-0.2, -0.15) is 5.06 Å². The first-order valence-corrected chi connectivity index (χ1v) is 10.4. The summed E-state index contributed by atoms with van der Waals surface area (Å²) in [6.07, 6.45) is -0.688. The van der Waals surface area contributed by atoms with Crippen molar-refractivity contribution in [3.05, 3.63) is 77.9 Å². The zero-order valence-corrected chi connectivity index (χ0v) is 18.4. The van der Waals surface area contributed by atoms with Crippen molar-refractivity contribution in [2.24, 2.45) is 5.73 Å². The normalized spacial score (nSPS) is 15.8. The van der Waals surface area contributed by atoms with Crippen LogP contribution in [0.2, 0.25) is 0 Å². The maximum Gasteiger partial charge on any atom is 0.329 e. The fourth-order valence-corrected chi connectivity index (χ4v) is 3.99. The van der Waals surface area contributed by atoms with Crippen molar-refractivity contribution in [3.63, 3.8) is 0 Å². The van der Waals surface area contributed by atoms with E-state index >= 15 is 0 Å². The van der Waals surface area contributed by atoms with Gasteiger partial charge in [0.25, 0.3) is 0 Å². The van der Waals surface area contributed by atoms with Crippen molar-refractivity contribution >= 4 is 11.7 Å². The Balaban J connectivity index is 1.72. The number of hydrogen-bond acceptors (Lipinski definition) is 7. The molecule has 0 saturated carbocycles. The Bertz CT molecular complexity index is 1080. The molecule has 4 rings (SSSR count). The van der Waals surface area contributed by atoms with Crippen LogP contribution in [0, 0.1) is 0 Å². The quantitative estimate of drug-likeness (QED) is 0.631.